The van der Waals surface area contributed by atoms with Gasteiger partial charge in [-0.2, -0.15) is 0 Å². The molecule has 0 aliphatic heterocycles. The predicted octanol–water partition coefficient (Wildman–Crippen LogP) is 15.7. The molecular weight excluding hydrogens is 789 g/mol. The summed E-state index contributed by atoms with van der Waals surface area (Å²) in [5, 5.41) is 14.0. The third-order valence-corrected chi connectivity index (χ3v) is 14.0. The monoisotopic (exact) mass is 820 g/mol. The van der Waals surface area contributed by atoms with E-state index < -0.39 is 0 Å². The minimum atomic E-state index is 0.597. The number of aromatic nitrogens is 4. The van der Waals surface area contributed by atoms with Gasteiger partial charge in [-0.1, -0.05) is 152 Å². The molecule has 14 rings (SSSR count). The van der Waals surface area contributed by atoms with Crippen LogP contribution < -0.4 is 0 Å². The second kappa shape index (κ2) is 13.2. The molecule has 4 heterocycles. The van der Waals surface area contributed by atoms with Crippen LogP contribution >= 0.6 is 11.3 Å². The van der Waals surface area contributed by atoms with Gasteiger partial charge in [-0.3, -0.25) is 0 Å². The fraction of sp³-hybridized carbons (Fsp3) is 0. The number of hydrogen-bond donors (Lipinski definition) is 0. The maximum atomic E-state index is 6.96. The second-order valence-electron chi connectivity index (χ2n) is 16.3. The minimum absolute atomic E-state index is 0.597. The van der Waals surface area contributed by atoms with Crippen LogP contribution in [0, 0.1) is 0 Å². The van der Waals surface area contributed by atoms with Crippen LogP contribution in [0.1, 0.15) is 0 Å². The minimum Gasteiger partial charge on any atom is -0.456 e. The highest BCUT2D eigenvalue weighted by molar-refractivity contribution is 7.26. The van der Waals surface area contributed by atoms with E-state index >= 15 is 0 Å². The van der Waals surface area contributed by atoms with E-state index in [2.05, 4.69) is 174 Å². The topological polar surface area (TPSA) is 56.7 Å². The van der Waals surface area contributed by atoms with E-state index in [1.165, 1.54) is 47.8 Å². The molecule has 0 saturated heterocycles. The highest BCUT2D eigenvalue weighted by Gasteiger charge is 2.24. The quantitative estimate of drug-likeness (QED) is 0.177. The molecule has 0 aliphatic carbocycles. The fourth-order valence-electron chi connectivity index (χ4n) is 10.0. The van der Waals surface area contributed by atoms with Crippen LogP contribution in [0.2, 0.25) is 0 Å². The largest absolute Gasteiger partial charge is 0.456 e. The predicted molar refractivity (Wildman–Crippen MR) is 263 cm³/mol. The molecule has 0 atom stereocenters. The van der Waals surface area contributed by atoms with Gasteiger partial charge in [0.15, 0.2) is 17.5 Å². The maximum Gasteiger partial charge on any atom is 0.165 e. The molecule has 0 fully saturated rings. The van der Waals surface area contributed by atoms with Crippen LogP contribution in [0.5, 0.6) is 0 Å². The number of benzene rings is 10. The molecule has 10 aromatic carbocycles. The molecule has 4 aromatic heterocycles. The molecule has 292 valence electrons. The Labute approximate surface area is 363 Å². The molecule has 0 N–H and O–H groups in total. The molecule has 14 aromatic rings. The van der Waals surface area contributed by atoms with E-state index in [0.717, 1.165) is 70.8 Å². The lowest BCUT2D eigenvalue weighted by Gasteiger charge is -2.13. The first-order valence-corrected chi connectivity index (χ1v) is 22.0. The van der Waals surface area contributed by atoms with Crippen LogP contribution in [0.25, 0.3) is 136 Å². The normalized spacial score (nSPS) is 12.1. The van der Waals surface area contributed by atoms with E-state index in [1.54, 1.807) is 11.3 Å². The van der Waals surface area contributed by atoms with Crippen molar-refractivity contribution in [3.05, 3.63) is 194 Å². The van der Waals surface area contributed by atoms with Gasteiger partial charge in [0.2, 0.25) is 0 Å². The zero-order valence-corrected chi connectivity index (χ0v) is 34.4. The van der Waals surface area contributed by atoms with Crippen molar-refractivity contribution in [2.45, 2.75) is 0 Å². The van der Waals surface area contributed by atoms with Gasteiger partial charge < -0.3 is 8.98 Å². The Kier molecular flexibility index (Phi) is 7.21. The fourth-order valence-corrected chi connectivity index (χ4v) is 11.2. The van der Waals surface area contributed by atoms with Crippen LogP contribution in [0.15, 0.2) is 199 Å². The average Bonchev–Trinajstić information content (AvgIpc) is 4.02. The van der Waals surface area contributed by atoms with Crippen molar-refractivity contribution in [2.24, 2.45) is 0 Å². The number of rotatable bonds is 4. The first kappa shape index (κ1) is 34.5. The van der Waals surface area contributed by atoms with Crippen molar-refractivity contribution in [3.8, 4) is 39.9 Å². The van der Waals surface area contributed by atoms with E-state index in [9.17, 15) is 0 Å². The van der Waals surface area contributed by atoms with Crippen LogP contribution in [-0.2, 0) is 0 Å². The lowest BCUT2D eigenvalue weighted by Crippen LogP contribution is -2.00. The summed E-state index contributed by atoms with van der Waals surface area (Å²) >= 11 is 1.78. The SMILES string of the molecule is c1ccc(-c2nc(-c3cccc4c3sc3ccccc34)nc(-c3cccc4oc5cc(-n6c7cc8ccccc8cc7c7c8ccccc8ccc76)c6ccccc6c5c34)n2)cc1. The summed E-state index contributed by atoms with van der Waals surface area (Å²) in [5.41, 5.74) is 7.76. The van der Waals surface area contributed by atoms with E-state index in [-0.39, 0.29) is 0 Å². The van der Waals surface area contributed by atoms with Gasteiger partial charge in [0, 0.05) is 69.9 Å². The summed E-state index contributed by atoms with van der Waals surface area (Å²) in [4.78, 5) is 15.8. The van der Waals surface area contributed by atoms with E-state index in [0.29, 0.717) is 17.5 Å². The second-order valence-corrected chi connectivity index (χ2v) is 17.3. The number of nitrogens with zero attached hydrogens (tertiary/aromatic N) is 4. The van der Waals surface area contributed by atoms with Crippen molar-refractivity contribution in [2.75, 3.05) is 0 Å². The molecular formula is C57H32N4OS. The molecule has 6 heteroatoms. The number of hydrogen-bond acceptors (Lipinski definition) is 5. The van der Waals surface area contributed by atoms with E-state index in [1.807, 2.05) is 24.3 Å². The summed E-state index contributed by atoms with van der Waals surface area (Å²) in [6, 6.07) is 69.0. The van der Waals surface area contributed by atoms with Crippen molar-refractivity contribution in [1.82, 2.24) is 19.5 Å². The van der Waals surface area contributed by atoms with Gasteiger partial charge in [0.25, 0.3) is 0 Å². The van der Waals surface area contributed by atoms with Gasteiger partial charge in [0.05, 0.1) is 16.7 Å². The summed E-state index contributed by atoms with van der Waals surface area (Å²) in [6.07, 6.45) is 0. The zero-order valence-electron chi connectivity index (χ0n) is 33.6. The Hall–Kier alpha value is -8.19. The Morgan fingerprint density at radius 2 is 1.03 bits per heavy atom. The highest BCUT2D eigenvalue weighted by atomic mass is 32.1. The summed E-state index contributed by atoms with van der Waals surface area (Å²) in [5.74, 6) is 1.86. The summed E-state index contributed by atoms with van der Waals surface area (Å²) in [7, 11) is 0. The molecule has 0 bridgehead atoms. The Balaban J connectivity index is 1.05. The zero-order chi connectivity index (χ0) is 41.2. The van der Waals surface area contributed by atoms with Gasteiger partial charge >= 0.3 is 0 Å². The van der Waals surface area contributed by atoms with Crippen molar-refractivity contribution in [3.63, 3.8) is 0 Å². The van der Waals surface area contributed by atoms with Crippen LogP contribution in [-0.4, -0.2) is 19.5 Å². The first-order valence-electron chi connectivity index (χ1n) is 21.2. The first-order chi connectivity index (χ1) is 31.2. The van der Waals surface area contributed by atoms with Gasteiger partial charge in [-0.25, -0.2) is 15.0 Å². The number of fused-ring (bicyclic) bond motifs is 14. The standard InChI is InChI=1S/C57H32N4OS/c1-2-15-34(16-3-1)55-58-56(60-57(59-55)43-25-12-23-41-39-21-10-11-27-50(39)63-54(41)43)42-24-13-26-48-53(42)52-40-22-9-8-20-38(40)47(32-49(52)62-48)61-45-29-28-33-14-6-7-19-37(33)51(45)44-30-35-17-4-5-18-36(35)31-46(44)61/h1-32H. The smallest absolute Gasteiger partial charge is 0.165 e. The van der Waals surface area contributed by atoms with Gasteiger partial charge in [0.1, 0.15) is 11.2 Å². The third kappa shape index (κ3) is 5.07. The molecule has 0 amide bonds. The van der Waals surface area contributed by atoms with Crippen molar-refractivity contribution >= 4 is 108 Å². The number of thiophene rings is 1. The lowest BCUT2D eigenvalue weighted by atomic mass is 9.99. The Morgan fingerprint density at radius 3 is 1.89 bits per heavy atom. The van der Waals surface area contributed by atoms with Gasteiger partial charge in [-0.15, -0.1) is 11.3 Å². The molecule has 0 spiro atoms. The molecule has 0 aliphatic rings. The summed E-state index contributed by atoms with van der Waals surface area (Å²) in [6.45, 7) is 0. The van der Waals surface area contributed by atoms with Gasteiger partial charge in [-0.05, 0) is 63.3 Å². The molecule has 0 radical (unpaired) electrons. The Bertz CT molecular complexity index is 4220. The molecule has 5 nitrogen and oxygen atoms in total. The number of furan rings is 1. The highest BCUT2D eigenvalue weighted by Crippen LogP contribution is 2.46. The molecule has 63 heavy (non-hydrogen) atoms. The molecule has 0 unspecified atom stereocenters. The van der Waals surface area contributed by atoms with Crippen LogP contribution in [0.4, 0.5) is 0 Å². The van der Waals surface area contributed by atoms with Crippen molar-refractivity contribution in [1.29, 1.82) is 0 Å². The van der Waals surface area contributed by atoms with Crippen LogP contribution in [0.3, 0.4) is 0 Å². The lowest BCUT2D eigenvalue weighted by molar-refractivity contribution is 0.669. The maximum absolute atomic E-state index is 6.96. The Morgan fingerprint density at radius 1 is 0.381 bits per heavy atom. The third-order valence-electron chi connectivity index (χ3n) is 12.8. The summed E-state index contributed by atoms with van der Waals surface area (Å²) < 4.78 is 11.8. The average molecular weight is 821 g/mol. The molecule has 0 saturated carbocycles. The van der Waals surface area contributed by atoms with Crippen molar-refractivity contribution < 1.29 is 4.42 Å². The van der Waals surface area contributed by atoms with E-state index in [4.69, 9.17) is 19.4 Å².